The molecule has 0 bridgehead atoms. The van der Waals surface area contributed by atoms with Gasteiger partial charge in [0, 0.05) is 17.1 Å². The zero-order valence-corrected chi connectivity index (χ0v) is 12.0. The highest BCUT2D eigenvalue weighted by Gasteiger charge is 2.11. The second-order valence-corrected chi connectivity index (χ2v) is 4.89. The van der Waals surface area contributed by atoms with Gasteiger partial charge in [-0.15, -0.1) is 0 Å². The van der Waals surface area contributed by atoms with Crippen LogP contribution in [0.15, 0.2) is 54.7 Å². The highest BCUT2D eigenvalue weighted by molar-refractivity contribution is 6.11. The number of hydrogen-bond donors (Lipinski definition) is 3. The topological polar surface area (TPSA) is 95.1 Å². The van der Waals surface area contributed by atoms with Crippen molar-refractivity contribution >= 4 is 34.5 Å². The maximum atomic E-state index is 12.4. The number of nitrogens with zero attached hydrogens (tertiary/aromatic N) is 1. The second kappa shape index (κ2) is 6.15. The zero-order chi connectivity index (χ0) is 16.2. The molecule has 0 unspecified atom stereocenters. The number of carbonyl (C=O) groups is 2. The first kappa shape index (κ1) is 14.5. The molecule has 0 saturated carbocycles. The van der Waals surface area contributed by atoms with Gasteiger partial charge in [-0.05, 0) is 29.8 Å². The van der Waals surface area contributed by atoms with Gasteiger partial charge in [0.1, 0.15) is 0 Å². The number of fused-ring (bicyclic) bond motifs is 1. The van der Waals surface area contributed by atoms with Crippen LogP contribution in [0.2, 0.25) is 0 Å². The first-order chi connectivity index (χ1) is 11.1. The van der Waals surface area contributed by atoms with Gasteiger partial charge in [0.05, 0.1) is 17.3 Å². The number of para-hydroxylation sites is 1. The van der Waals surface area contributed by atoms with Crippen LogP contribution in [0.5, 0.6) is 0 Å². The molecule has 0 spiro atoms. The smallest absolute Gasteiger partial charge is 0.328 e. The minimum atomic E-state index is -1.00. The van der Waals surface area contributed by atoms with E-state index < -0.39 is 5.97 Å². The summed E-state index contributed by atoms with van der Waals surface area (Å²) in [5, 5.41) is 19.0. The third-order valence-corrected chi connectivity index (χ3v) is 3.31. The number of aromatic nitrogens is 2. The van der Waals surface area contributed by atoms with E-state index >= 15 is 0 Å². The van der Waals surface area contributed by atoms with Gasteiger partial charge >= 0.3 is 5.97 Å². The molecular weight excluding hydrogens is 294 g/mol. The molecular formula is C17H13N3O3. The summed E-state index contributed by atoms with van der Waals surface area (Å²) in [6.45, 7) is 0. The van der Waals surface area contributed by atoms with E-state index in [9.17, 15) is 9.59 Å². The molecule has 3 N–H and O–H groups in total. The molecule has 1 aromatic heterocycles. The van der Waals surface area contributed by atoms with E-state index in [4.69, 9.17) is 5.11 Å². The molecule has 3 aromatic rings. The number of hydrogen-bond acceptors (Lipinski definition) is 3. The lowest BCUT2D eigenvalue weighted by Crippen LogP contribution is -2.12. The lowest BCUT2D eigenvalue weighted by molar-refractivity contribution is -0.131. The van der Waals surface area contributed by atoms with Crippen LogP contribution in [-0.4, -0.2) is 27.2 Å². The number of nitrogens with one attached hydrogen (secondary N) is 2. The van der Waals surface area contributed by atoms with Gasteiger partial charge < -0.3 is 10.4 Å². The molecule has 1 heterocycles. The van der Waals surface area contributed by atoms with E-state index in [2.05, 4.69) is 15.5 Å². The van der Waals surface area contributed by atoms with Crippen LogP contribution in [0, 0.1) is 0 Å². The molecule has 23 heavy (non-hydrogen) atoms. The third-order valence-electron chi connectivity index (χ3n) is 3.31. The summed E-state index contributed by atoms with van der Waals surface area (Å²) in [6, 6.07) is 12.3. The van der Waals surface area contributed by atoms with Gasteiger partial charge in [-0.3, -0.25) is 9.89 Å². The molecule has 6 nitrogen and oxygen atoms in total. The molecule has 0 radical (unpaired) electrons. The van der Waals surface area contributed by atoms with Crippen molar-refractivity contribution in [1.82, 2.24) is 10.2 Å². The van der Waals surface area contributed by atoms with Gasteiger partial charge in [-0.25, -0.2) is 4.79 Å². The Morgan fingerprint density at radius 2 is 1.91 bits per heavy atom. The van der Waals surface area contributed by atoms with E-state index in [1.54, 1.807) is 42.6 Å². The number of aromatic amines is 1. The summed E-state index contributed by atoms with van der Waals surface area (Å²) in [6.07, 6.45) is 4.21. The number of carboxylic acid groups (broad SMARTS) is 1. The largest absolute Gasteiger partial charge is 0.478 e. The average Bonchev–Trinajstić information content (AvgIpc) is 3.02. The molecule has 0 aliphatic heterocycles. The van der Waals surface area contributed by atoms with Crippen LogP contribution < -0.4 is 5.32 Å². The number of benzene rings is 2. The van der Waals surface area contributed by atoms with E-state index in [0.717, 1.165) is 17.0 Å². The van der Waals surface area contributed by atoms with Crippen LogP contribution in [-0.2, 0) is 4.79 Å². The predicted octanol–water partition coefficient (Wildman–Crippen LogP) is 2.91. The monoisotopic (exact) mass is 307 g/mol. The predicted molar refractivity (Wildman–Crippen MR) is 87.2 cm³/mol. The highest BCUT2D eigenvalue weighted by Crippen LogP contribution is 2.18. The lowest BCUT2D eigenvalue weighted by Gasteiger charge is -2.06. The molecule has 0 aliphatic rings. The van der Waals surface area contributed by atoms with E-state index in [1.807, 2.05) is 6.07 Å². The molecule has 0 atom stereocenters. The number of aliphatic carboxylic acids is 1. The summed E-state index contributed by atoms with van der Waals surface area (Å²) >= 11 is 0. The highest BCUT2D eigenvalue weighted by atomic mass is 16.4. The summed E-state index contributed by atoms with van der Waals surface area (Å²) in [7, 11) is 0. The van der Waals surface area contributed by atoms with Gasteiger partial charge in [0.2, 0.25) is 0 Å². The molecule has 2 aromatic carbocycles. The maximum Gasteiger partial charge on any atom is 0.328 e. The molecule has 0 aliphatic carbocycles. The molecule has 114 valence electrons. The van der Waals surface area contributed by atoms with Crippen molar-refractivity contribution in [1.29, 1.82) is 0 Å². The van der Waals surface area contributed by atoms with Gasteiger partial charge in [0.15, 0.2) is 0 Å². The van der Waals surface area contributed by atoms with E-state index in [1.165, 1.54) is 6.08 Å². The fourth-order valence-corrected chi connectivity index (χ4v) is 2.20. The van der Waals surface area contributed by atoms with Crippen LogP contribution in [0.3, 0.4) is 0 Å². The Kier molecular flexibility index (Phi) is 3.88. The summed E-state index contributed by atoms with van der Waals surface area (Å²) in [5.74, 6) is -1.25. The summed E-state index contributed by atoms with van der Waals surface area (Å²) in [5.41, 5.74) is 2.56. The number of amides is 1. The Balaban J connectivity index is 1.78. The second-order valence-electron chi connectivity index (χ2n) is 4.89. The van der Waals surface area contributed by atoms with Crippen molar-refractivity contribution in [3.05, 3.63) is 65.9 Å². The van der Waals surface area contributed by atoms with Crippen LogP contribution >= 0.6 is 0 Å². The Morgan fingerprint density at radius 3 is 2.65 bits per heavy atom. The Morgan fingerprint density at radius 1 is 1.13 bits per heavy atom. The molecule has 0 saturated heterocycles. The number of carboxylic acids is 1. The van der Waals surface area contributed by atoms with Crippen molar-refractivity contribution in [2.45, 2.75) is 0 Å². The Labute approximate surface area is 131 Å². The van der Waals surface area contributed by atoms with Crippen molar-refractivity contribution in [2.75, 3.05) is 5.32 Å². The first-order valence-electron chi connectivity index (χ1n) is 6.88. The number of H-pyrrole nitrogens is 1. The van der Waals surface area contributed by atoms with Crippen molar-refractivity contribution in [3.63, 3.8) is 0 Å². The lowest BCUT2D eigenvalue weighted by atomic mass is 10.1. The summed E-state index contributed by atoms with van der Waals surface area (Å²) < 4.78 is 0. The molecule has 1 amide bonds. The Hall–Kier alpha value is -3.41. The number of anilines is 1. The number of rotatable bonds is 4. The van der Waals surface area contributed by atoms with E-state index in [-0.39, 0.29) is 5.91 Å². The van der Waals surface area contributed by atoms with Crippen LogP contribution in [0.1, 0.15) is 15.9 Å². The zero-order valence-electron chi connectivity index (χ0n) is 12.0. The van der Waals surface area contributed by atoms with Crippen molar-refractivity contribution in [2.24, 2.45) is 0 Å². The normalized spacial score (nSPS) is 11.0. The average molecular weight is 307 g/mol. The van der Waals surface area contributed by atoms with Gasteiger partial charge in [0.25, 0.3) is 5.91 Å². The van der Waals surface area contributed by atoms with Crippen molar-refractivity contribution < 1.29 is 14.7 Å². The summed E-state index contributed by atoms with van der Waals surface area (Å²) in [4.78, 5) is 22.9. The van der Waals surface area contributed by atoms with E-state index in [0.29, 0.717) is 16.8 Å². The van der Waals surface area contributed by atoms with Gasteiger partial charge in [-0.2, -0.15) is 5.10 Å². The first-order valence-corrected chi connectivity index (χ1v) is 6.88. The Bertz CT molecular complexity index is 895. The fourth-order valence-electron chi connectivity index (χ4n) is 2.20. The standard InChI is InChI=1S/C17H13N3O3/c21-15(22)9-6-11-4-7-13(8-5-11)19-17(23)14-3-1-2-12-10-18-20-16(12)14/h1-10H,(H,18,20)(H,19,23)(H,21,22)/b9-6+. The van der Waals surface area contributed by atoms with Gasteiger partial charge in [-0.1, -0.05) is 24.3 Å². The minimum absolute atomic E-state index is 0.242. The molecule has 6 heteroatoms. The minimum Gasteiger partial charge on any atom is -0.478 e. The SMILES string of the molecule is O=C(O)/C=C/c1ccc(NC(=O)c2cccc3cn[nH]c23)cc1. The maximum absolute atomic E-state index is 12.4. The molecule has 3 rings (SSSR count). The van der Waals surface area contributed by atoms with Crippen molar-refractivity contribution in [3.8, 4) is 0 Å². The van der Waals surface area contributed by atoms with Crippen LogP contribution in [0.25, 0.3) is 17.0 Å². The fraction of sp³-hybridized carbons (Fsp3) is 0. The number of carbonyl (C=O) groups excluding carboxylic acids is 1. The molecule has 0 fully saturated rings. The van der Waals surface area contributed by atoms with Crippen LogP contribution in [0.4, 0.5) is 5.69 Å². The quantitative estimate of drug-likeness (QED) is 0.646. The third kappa shape index (κ3) is 3.26.